The van der Waals surface area contributed by atoms with Crippen LogP contribution in [0.15, 0.2) is 47.4 Å². The first-order chi connectivity index (χ1) is 14.1. The lowest BCUT2D eigenvalue weighted by Crippen LogP contribution is -2.30. The van der Waals surface area contributed by atoms with Crippen LogP contribution in [-0.4, -0.2) is 37.6 Å². The molecule has 0 saturated heterocycles. The average Bonchev–Trinajstić information content (AvgIpc) is 2.95. The lowest BCUT2D eigenvalue weighted by molar-refractivity contribution is 0.0652. The first kappa shape index (κ1) is 21.7. The van der Waals surface area contributed by atoms with Gasteiger partial charge in [-0.25, -0.2) is 13.6 Å². The third-order valence-electron chi connectivity index (χ3n) is 5.02. The number of imide groups is 1. The molecule has 0 aliphatic carbocycles. The number of amides is 3. The number of hydrogen-bond acceptors (Lipinski definition) is 5. The van der Waals surface area contributed by atoms with E-state index in [2.05, 4.69) is 5.32 Å². The summed E-state index contributed by atoms with van der Waals surface area (Å²) in [6.45, 7) is 4.08. The van der Waals surface area contributed by atoms with Gasteiger partial charge in [0, 0.05) is 12.1 Å². The van der Waals surface area contributed by atoms with E-state index in [-0.39, 0.29) is 27.8 Å². The number of nitrogens with one attached hydrogen (secondary N) is 1. The normalized spacial score (nSPS) is 14.6. The zero-order valence-electron chi connectivity index (χ0n) is 16.7. The van der Waals surface area contributed by atoms with Gasteiger partial charge in [-0.15, -0.1) is 0 Å². The summed E-state index contributed by atoms with van der Waals surface area (Å²) in [5, 5.41) is 7.89. The Hall–Kier alpha value is -3.04. The Kier molecular flexibility index (Phi) is 6.04. The van der Waals surface area contributed by atoms with Crippen molar-refractivity contribution in [3.8, 4) is 0 Å². The van der Waals surface area contributed by atoms with Crippen molar-refractivity contribution in [1.29, 1.82) is 0 Å². The van der Waals surface area contributed by atoms with Gasteiger partial charge >= 0.3 is 0 Å². The van der Waals surface area contributed by atoms with E-state index in [9.17, 15) is 22.8 Å². The van der Waals surface area contributed by atoms with Crippen LogP contribution in [0.5, 0.6) is 0 Å². The minimum absolute atomic E-state index is 0.0146. The van der Waals surface area contributed by atoms with Gasteiger partial charge in [0.25, 0.3) is 17.7 Å². The zero-order chi connectivity index (χ0) is 22.1. The number of nitrogens with zero attached hydrogens (tertiary/aromatic N) is 1. The average molecular weight is 429 g/mol. The van der Waals surface area contributed by atoms with Crippen molar-refractivity contribution in [2.75, 3.05) is 6.54 Å². The van der Waals surface area contributed by atoms with Gasteiger partial charge in [-0.05, 0) is 49.2 Å². The number of unbranched alkanes of at least 4 members (excludes halogenated alkanes) is 1. The first-order valence-corrected chi connectivity index (χ1v) is 11.1. The van der Waals surface area contributed by atoms with Crippen molar-refractivity contribution in [1.82, 2.24) is 10.2 Å². The zero-order valence-corrected chi connectivity index (χ0v) is 17.5. The molecule has 1 heterocycles. The second kappa shape index (κ2) is 8.37. The fraction of sp³-hybridized carbons (Fsp3) is 0.286. The molecular formula is C21H23N3O5S. The van der Waals surface area contributed by atoms with Gasteiger partial charge in [0.05, 0.1) is 22.1 Å². The van der Waals surface area contributed by atoms with Gasteiger partial charge in [-0.1, -0.05) is 25.5 Å². The Morgan fingerprint density at radius 1 is 1.07 bits per heavy atom. The predicted octanol–water partition coefficient (Wildman–Crippen LogP) is 2.22. The molecule has 2 aromatic rings. The summed E-state index contributed by atoms with van der Waals surface area (Å²) in [7, 11) is -3.79. The lowest BCUT2D eigenvalue weighted by atomic mass is 10.0. The van der Waals surface area contributed by atoms with Gasteiger partial charge < -0.3 is 5.32 Å². The molecular weight excluding hydrogens is 406 g/mol. The molecule has 0 radical (unpaired) electrons. The van der Waals surface area contributed by atoms with E-state index in [1.54, 1.807) is 19.1 Å². The number of carbonyl (C=O) groups excluding carboxylic acids is 3. The second-order valence-corrected chi connectivity index (χ2v) is 8.75. The van der Waals surface area contributed by atoms with E-state index in [4.69, 9.17) is 5.14 Å². The summed E-state index contributed by atoms with van der Waals surface area (Å²) in [6, 6.07) is 9.92. The Morgan fingerprint density at radius 2 is 1.70 bits per heavy atom. The molecule has 1 atom stereocenters. The van der Waals surface area contributed by atoms with Crippen molar-refractivity contribution < 1.29 is 22.8 Å². The molecule has 9 heteroatoms. The highest BCUT2D eigenvalue weighted by atomic mass is 32.2. The number of sulfonamides is 1. The molecule has 8 nitrogen and oxygen atoms in total. The third-order valence-corrected chi connectivity index (χ3v) is 5.95. The summed E-state index contributed by atoms with van der Waals surface area (Å²) < 4.78 is 22.7. The molecule has 1 aliphatic rings. The molecule has 0 aromatic heterocycles. The Labute approximate surface area is 175 Å². The minimum atomic E-state index is -3.79. The summed E-state index contributed by atoms with van der Waals surface area (Å²) in [4.78, 5) is 38.8. The number of fused-ring (bicyclic) bond motifs is 1. The molecule has 3 rings (SSSR count). The summed E-state index contributed by atoms with van der Waals surface area (Å²) in [5.74, 6) is -1.13. The fourth-order valence-electron chi connectivity index (χ4n) is 3.26. The topological polar surface area (TPSA) is 127 Å². The van der Waals surface area contributed by atoms with Crippen molar-refractivity contribution >= 4 is 27.7 Å². The maximum absolute atomic E-state index is 12.7. The monoisotopic (exact) mass is 429 g/mol. The summed E-state index contributed by atoms with van der Waals surface area (Å²) >= 11 is 0. The maximum atomic E-state index is 12.7. The van der Waals surface area contributed by atoms with Gasteiger partial charge in [0.2, 0.25) is 10.0 Å². The van der Waals surface area contributed by atoms with Crippen LogP contribution in [0, 0.1) is 0 Å². The Morgan fingerprint density at radius 3 is 2.30 bits per heavy atom. The van der Waals surface area contributed by atoms with Crippen molar-refractivity contribution in [3.63, 3.8) is 0 Å². The van der Waals surface area contributed by atoms with Crippen LogP contribution >= 0.6 is 0 Å². The Bertz CT molecular complexity index is 1110. The quantitative estimate of drug-likeness (QED) is 0.653. The van der Waals surface area contributed by atoms with E-state index in [1.165, 1.54) is 35.2 Å². The highest BCUT2D eigenvalue weighted by molar-refractivity contribution is 7.89. The summed E-state index contributed by atoms with van der Waals surface area (Å²) in [5.41, 5.74) is 1.49. The molecule has 1 aliphatic heterocycles. The van der Waals surface area contributed by atoms with Crippen LogP contribution in [0.2, 0.25) is 0 Å². The predicted molar refractivity (Wildman–Crippen MR) is 110 cm³/mol. The number of hydrogen-bond donors (Lipinski definition) is 2. The standard InChI is InChI=1S/C21H23N3O5S/c1-3-4-11-24-20(26)17-10-7-15(12-18(17)21(24)27)19(25)23-13(2)14-5-8-16(9-6-14)30(22,28)29/h5-10,12-13H,3-4,11H2,1-2H3,(H,23,25)(H2,22,28,29). The number of carbonyl (C=O) groups is 3. The van der Waals surface area contributed by atoms with Gasteiger partial charge in [-0.3, -0.25) is 19.3 Å². The SMILES string of the molecule is CCCCN1C(=O)c2ccc(C(=O)NC(C)c3ccc(S(N)(=O)=O)cc3)cc2C1=O. The van der Waals surface area contributed by atoms with Crippen LogP contribution < -0.4 is 10.5 Å². The molecule has 2 aromatic carbocycles. The maximum Gasteiger partial charge on any atom is 0.261 e. The lowest BCUT2D eigenvalue weighted by Gasteiger charge is -2.15. The van der Waals surface area contributed by atoms with Gasteiger partial charge in [-0.2, -0.15) is 0 Å². The van der Waals surface area contributed by atoms with Crippen LogP contribution in [0.3, 0.4) is 0 Å². The second-order valence-electron chi connectivity index (χ2n) is 7.19. The van der Waals surface area contributed by atoms with E-state index < -0.39 is 22.0 Å². The number of primary sulfonamides is 1. The van der Waals surface area contributed by atoms with E-state index in [0.29, 0.717) is 17.7 Å². The molecule has 0 bridgehead atoms. The van der Waals surface area contributed by atoms with Crippen LogP contribution in [-0.2, 0) is 10.0 Å². The van der Waals surface area contributed by atoms with E-state index in [1.807, 2.05) is 6.92 Å². The molecule has 158 valence electrons. The van der Waals surface area contributed by atoms with Crippen molar-refractivity contribution in [2.45, 2.75) is 37.6 Å². The first-order valence-electron chi connectivity index (χ1n) is 9.57. The highest BCUT2D eigenvalue weighted by Crippen LogP contribution is 2.25. The van der Waals surface area contributed by atoms with Crippen LogP contribution in [0.4, 0.5) is 0 Å². The number of benzene rings is 2. The molecule has 0 fully saturated rings. The molecule has 0 saturated carbocycles. The third kappa shape index (κ3) is 4.27. The van der Waals surface area contributed by atoms with Crippen LogP contribution in [0.25, 0.3) is 0 Å². The van der Waals surface area contributed by atoms with E-state index in [0.717, 1.165) is 12.8 Å². The molecule has 30 heavy (non-hydrogen) atoms. The summed E-state index contributed by atoms with van der Waals surface area (Å²) in [6.07, 6.45) is 1.58. The van der Waals surface area contributed by atoms with Crippen molar-refractivity contribution in [2.24, 2.45) is 5.14 Å². The number of nitrogens with two attached hydrogens (primary N) is 1. The molecule has 3 amide bonds. The molecule has 3 N–H and O–H groups in total. The van der Waals surface area contributed by atoms with Crippen LogP contribution in [0.1, 0.15) is 69.4 Å². The van der Waals surface area contributed by atoms with Gasteiger partial charge in [0.1, 0.15) is 0 Å². The van der Waals surface area contributed by atoms with Crippen molar-refractivity contribution in [3.05, 3.63) is 64.7 Å². The Balaban J connectivity index is 1.75. The largest absolute Gasteiger partial charge is 0.346 e. The highest BCUT2D eigenvalue weighted by Gasteiger charge is 2.35. The molecule has 1 unspecified atom stereocenters. The minimum Gasteiger partial charge on any atom is -0.346 e. The smallest absolute Gasteiger partial charge is 0.261 e. The fourth-order valence-corrected chi connectivity index (χ4v) is 3.78. The van der Waals surface area contributed by atoms with Gasteiger partial charge in [0.15, 0.2) is 0 Å². The van der Waals surface area contributed by atoms with E-state index >= 15 is 0 Å². The molecule has 0 spiro atoms. The number of rotatable bonds is 7.